The fraction of sp³-hybridized carbons (Fsp3) is 0.562. The Bertz CT molecular complexity index is 457. The molecule has 4 nitrogen and oxygen atoms in total. The van der Waals surface area contributed by atoms with Crippen LogP contribution < -0.4 is 4.74 Å². The van der Waals surface area contributed by atoms with E-state index < -0.39 is 11.5 Å². The average molecular weight is 279 g/mol. The van der Waals surface area contributed by atoms with Crippen molar-refractivity contribution in [1.29, 1.82) is 0 Å². The summed E-state index contributed by atoms with van der Waals surface area (Å²) in [6, 6.07) is 7.78. The highest BCUT2D eigenvalue weighted by atomic mass is 16.5. The van der Waals surface area contributed by atoms with Crippen molar-refractivity contribution in [3.63, 3.8) is 0 Å². The Morgan fingerprint density at radius 3 is 2.45 bits per heavy atom. The SMILES string of the molecule is CCOc1ccccc1C(C)N(CC)C(C)(C)C(=O)O. The molecule has 1 aromatic rings. The molecule has 4 heteroatoms. The second kappa shape index (κ2) is 6.75. The maximum atomic E-state index is 11.5. The Kier molecular flexibility index (Phi) is 5.57. The van der Waals surface area contributed by atoms with Gasteiger partial charge in [-0.15, -0.1) is 0 Å². The Labute approximate surface area is 121 Å². The van der Waals surface area contributed by atoms with E-state index in [4.69, 9.17) is 4.74 Å². The maximum Gasteiger partial charge on any atom is 0.323 e. The van der Waals surface area contributed by atoms with Crippen molar-refractivity contribution in [1.82, 2.24) is 4.90 Å². The van der Waals surface area contributed by atoms with Crippen LogP contribution in [0.25, 0.3) is 0 Å². The molecule has 0 spiro atoms. The number of aliphatic carboxylic acids is 1. The molecule has 112 valence electrons. The number of carboxylic acid groups (broad SMARTS) is 1. The number of benzene rings is 1. The van der Waals surface area contributed by atoms with E-state index in [1.54, 1.807) is 13.8 Å². The van der Waals surface area contributed by atoms with E-state index in [0.717, 1.165) is 11.3 Å². The van der Waals surface area contributed by atoms with Gasteiger partial charge >= 0.3 is 5.97 Å². The van der Waals surface area contributed by atoms with Gasteiger partial charge in [-0.05, 0) is 40.3 Å². The number of nitrogens with zero attached hydrogens (tertiary/aromatic N) is 1. The van der Waals surface area contributed by atoms with Crippen molar-refractivity contribution >= 4 is 5.97 Å². The molecule has 0 aromatic heterocycles. The highest BCUT2D eigenvalue weighted by Gasteiger charge is 2.37. The van der Waals surface area contributed by atoms with Crippen LogP contribution in [0.3, 0.4) is 0 Å². The predicted octanol–water partition coefficient (Wildman–Crippen LogP) is 3.33. The summed E-state index contributed by atoms with van der Waals surface area (Å²) in [7, 11) is 0. The van der Waals surface area contributed by atoms with Crippen LogP contribution in [-0.4, -0.2) is 34.7 Å². The lowest BCUT2D eigenvalue weighted by Gasteiger charge is -2.39. The average Bonchev–Trinajstić information content (AvgIpc) is 2.40. The highest BCUT2D eigenvalue weighted by molar-refractivity contribution is 5.77. The lowest BCUT2D eigenvalue weighted by molar-refractivity contribution is -0.150. The number of rotatable bonds is 7. The van der Waals surface area contributed by atoms with E-state index >= 15 is 0 Å². The first-order valence-electron chi connectivity index (χ1n) is 7.08. The summed E-state index contributed by atoms with van der Waals surface area (Å²) >= 11 is 0. The third-order valence-corrected chi connectivity index (χ3v) is 3.72. The normalized spacial score (nSPS) is 13.3. The van der Waals surface area contributed by atoms with Gasteiger partial charge in [0.25, 0.3) is 0 Å². The van der Waals surface area contributed by atoms with E-state index in [1.165, 1.54) is 0 Å². The molecule has 0 bridgehead atoms. The third kappa shape index (κ3) is 3.31. The number of hydrogen-bond acceptors (Lipinski definition) is 3. The molecule has 0 saturated carbocycles. The van der Waals surface area contributed by atoms with E-state index in [0.29, 0.717) is 13.2 Å². The second-order valence-corrected chi connectivity index (χ2v) is 5.30. The minimum absolute atomic E-state index is 0.0335. The summed E-state index contributed by atoms with van der Waals surface area (Å²) < 4.78 is 5.65. The van der Waals surface area contributed by atoms with Crippen molar-refractivity contribution in [2.45, 2.75) is 46.2 Å². The summed E-state index contributed by atoms with van der Waals surface area (Å²) in [5.41, 5.74) is 0.0959. The molecule has 1 unspecified atom stereocenters. The van der Waals surface area contributed by atoms with Gasteiger partial charge in [-0.25, -0.2) is 0 Å². The Balaban J connectivity index is 3.15. The molecule has 0 saturated heterocycles. The predicted molar refractivity (Wildman–Crippen MR) is 80.1 cm³/mol. The van der Waals surface area contributed by atoms with Crippen LogP contribution >= 0.6 is 0 Å². The zero-order chi connectivity index (χ0) is 15.3. The van der Waals surface area contributed by atoms with Gasteiger partial charge in [-0.1, -0.05) is 25.1 Å². The highest BCUT2D eigenvalue weighted by Crippen LogP contribution is 2.33. The van der Waals surface area contributed by atoms with Crippen molar-refractivity contribution in [2.24, 2.45) is 0 Å². The molecular weight excluding hydrogens is 254 g/mol. The number of ether oxygens (including phenoxy) is 1. The van der Waals surface area contributed by atoms with Gasteiger partial charge in [0.2, 0.25) is 0 Å². The van der Waals surface area contributed by atoms with E-state index in [-0.39, 0.29) is 6.04 Å². The van der Waals surface area contributed by atoms with Crippen LogP contribution in [0, 0.1) is 0 Å². The molecular formula is C16H25NO3. The smallest absolute Gasteiger partial charge is 0.323 e. The minimum atomic E-state index is -0.923. The van der Waals surface area contributed by atoms with Crippen LogP contribution in [-0.2, 0) is 4.79 Å². The van der Waals surface area contributed by atoms with Crippen LogP contribution in [0.4, 0.5) is 0 Å². The number of para-hydroxylation sites is 1. The van der Waals surface area contributed by atoms with Crippen LogP contribution in [0.1, 0.15) is 46.2 Å². The molecule has 0 aliphatic rings. The Hall–Kier alpha value is -1.55. The fourth-order valence-corrected chi connectivity index (χ4v) is 2.56. The summed E-state index contributed by atoms with van der Waals surface area (Å²) in [6.45, 7) is 10.7. The molecule has 0 aliphatic carbocycles. The van der Waals surface area contributed by atoms with E-state index in [1.807, 2.05) is 49.9 Å². The first kappa shape index (κ1) is 16.5. The van der Waals surface area contributed by atoms with Crippen molar-refractivity contribution in [3.8, 4) is 5.75 Å². The Morgan fingerprint density at radius 1 is 1.35 bits per heavy atom. The topological polar surface area (TPSA) is 49.8 Å². The number of likely N-dealkylation sites (N-methyl/N-ethyl adjacent to an activating group) is 1. The molecule has 0 radical (unpaired) electrons. The largest absolute Gasteiger partial charge is 0.494 e. The number of carbonyl (C=O) groups is 1. The van der Waals surface area contributed by atoms with Crippen LogP contribution in [0.2, 0.25) is 0 Å². The van der Waals surface area contributed by atoms with Gasteiger partial charge in [-0.2, -0.15) is 0 Å². The number of carboxylic acids is 1. The van der Waals surface area contributed by atoms with Crippen molar-refractivity contribution < 1.29 is 14.6 Å². The molecule has 0 aliphatic heterocycles. The second-order valence-electron chi connectivity index (χ2n) is 5.30. The summed E-state index contributed by atoms with van der Waals surface area (Å²) in [4.78, 5) is 13.5. The van der Waals surface area contributed by atoms with Gasteiger partial charge in [0, 0.05) is 11.6 Å². The Morgan fingerprint density at radius 2 is 1.95 bits per heavy atom. The first-order valence-corrected chi connectivity index (χ1v) is 7.08. The van der Waals surface area contributed by atoms with Gasteiger partial charge in [0.05, 0.1) is 6.61 Å². The lowest BCUT2D eigenvalue weighted by Crippen LogP contribution is -2.51. The molecule has 0 fully saturated rings. The summed E-state index contributed by atoms with van der Waals surface area (Å²) in [5.74, 6) is 0.00206. The minimum Gasteiger partial charge on any atom is -0.494 e. The van der Waals surface area contributed by atoms with Crippen molar-refractivity contribution in [3.05, 3.63) is 29.8 Å². The van der Waals surface area contributed by atoms with Crippen LogP contribution in [0.5, 0.6) is 5.75 Å². The molecule has 20 heavy (non-hydrogen) atoms. The van der Waals surface area contributed by atoms with Gasteiger partial charge in [-0.3, -0.25) is 9.69 Å². The summed E-state index contributed by atoms with van der Waals surface area (Å²) in [5, 5.41) is 9.44. The first-order chi connectivity index (χ1) is 9.36. The molecule has 0 amide bonds. The fourth-order valence-electron chi connectivity index (χ4n) is 2.56. The molecule has 1 rings (SSSR count). The third-order valence-electron chi connectivity index (χ3n) is 3.72. The molecule has 1 N–H and O–H groups in total. The quantitative estimate of drug-likeness (QED) is 0.831. The molecule has 1 atom stereocenters. The lowest BCUT2D eigenvalue weighted by atomic mass is 9.96. The van der Waals surface area contributed by atoms with Gasteiger partial charge < -0.3 is 9.84 Å². The van der Waals surface area contributed by atoms with Crippen molar-refractivity contribution in [2.75, 3.05) is 13.2 Å². The van der Waals surface area contributed by atoms with E-state index in [9.17, 15) is 9.90 Å². The maximum absolute atomic E-state index is 11.5. The van der Waals surface area contributed by atoms with E-state index in [2.05, 4.69) is 0 Å². The van der Waals surface area contributed by atoms with Gasteiger partial charge in [0.1, 0.15) is 11.3 Å². The number of hydrogen-bond donors (Lipinski definition) is 1. The van der Waals surface area contributed by atoms with Gasteiger partial charge in [0.15, 0.2) is 0 Å². The van der Waals surface area contributed by atoms with Crippen LogP contribution in [0.15, 0.2) is 24.3 Å². The molecule has 0 heterocycles. The standard InChI is InChI=1S/C16H25NO3/c1-6-17(16(4,5)15(18)19)12(3)13-10-8-9-11-14(13)20-7-2/h8-12H,6-7H2,1-5H3,(H,18,19). The summed E-state index contributed by atoms with van der Waals surface area (Å²) in [6.07, 6.45) is 0. The zero-order valence-corrected chi connectivity index (χ0v) is 13.0. The molecule has 1 aromatic carbocycles. The zero-order valence-electron chi connectivity index (χ0n) is 13.0. The monoisotopic (exact) mass is 279 g/mol.